The summed E-state index contributed by atoms with van der Waals surface area (Å²) in [6, 6.07) is 5.03. The van der Waals surface area contributed by atoms with Crippen molar-refractivity contribution < 1.29 is 4.39 Å². The molecule has 0 aliphatic heterocycles. The van der Waals surface area contributed by atoms with Crippen LogP contribution >= 0.6 is 54.5 Å². The second-order valence-electron chi connectivity index (χ2n) is 3.20. The summed E-state index contributed by atoms with van der Waals surface area (Å²) in [6.07, 6.45) is 1.84. The Morgan fingerprint density at radius 2 is 2.12 bits per heavy atom. The molecule has 0 aliphatic rings. The van der Waals surface area contributed by atoms with E-state index in [9.17, 15) is 4.39 Å². The molecule has 16 heavy (non-hydrogen) atoms. The van der Waals surface area contributed by atoms with Gasteiger partial charge in [0, 0.05) is 16.2 Å². The summed E-state index contributed by atoms with van der Waals surface area (Å²) in [5.41, 5.74) is 0.620. The van der Waals surface area contributed by atoms with E-state index >= 15 is 0 Å². The highest BCUT2D eigenvalue weighted by Crippen LogP contribution is 2.19. The summed E-state index contributed by atoms with van der Waals surface area (Å²) < 4.78 is 17.8. The number of aromatic nitrogens is 2. The first-order valence-corrected chi connectivity index (χ1v) is 7.05. The van der Waals surface area contributed by atoms with Gasteiger partial charge >= 0.3 is 0 Å². The van der Waals surface area contributed by atoms with Crippen LogP contribution in [0.4, 0.5) is 4.39 Å². The monoisotopic (exact) mass is 458 g/mol. The molecule has 0 atom stereocenters. The molecule has 0 unspecified atom stereocenters. The molecule has 0 N–H and O–H groups in total. The van der Waals surface area contributed by atoms with Crippen LogP contribution in [0.15, 0.2) is 33.3 Å². The van der Waals surface area contributed by atoms with Gasteiger partial charge in [-0.05, 0) is 50.7 Å². The van der Waals surface area contributed by atoms with E-state index in [0.717, 1.165) is 12.6 Å². The predicted octanol–water partition coefficient (Wildman–Crippen LogP) is 4.20. The zero-order valence-electron chi connectivity index (χ0n) is 7.92. The van der Waals surface area contributed by atoms with Gasteiger partial charge in [-0.15, -0.1) is 0 Å². The van der Waals surface area contributed by atoms with Crippen LogP contribution in [0.5, 0.6) is 0 Å². The van der Waals surface area contributed by atoms with Crippen LogP contribution in [0.1, 0.15) is 5.56 Å². The van der Waals surface area contributed by atoms with Gasteiger partial charge in [-0.2, -0.15) is 5.10 Å². The van der Waals surface area contributed by atoms with Crippen LogP contribution in [-0.2, 0) is 6.54 Å². The van der Waals surface area contributed by atoms with Crippen molar-refractivity contribution in [3.63, 3.8) is 0 Å². The topological polar surface area (TPSA) is 17.8 Å². The van der Waals surface area contributed by atoms with Crippen LogP contribution < -0.4 is 0 Å². The van der Waals surface area contributed by atoms with Crippen molar-refractivity contribution in [1.29, 1.82) is 0 Å². The maximum absolute atomic E-state index is 13.6. The van der Waals surface area contributed by atoms with E-state index in [1.54, 1.807) is 10.7 Å². The SMILES string of the molecule is Fc1cc(Br)ccc1Cn1cc(Br)c(I)n1. The minimum Gasteiger partial charge on any atom is -0.266 e. The molecule has 0 fully saturated rings. The van der Waals surface area contributed by atoms with E-state index in [-0.39, 0.29) is 5.82 Å². The Labute approximate surface area is 123 Å². The quantitative estimate of drug-likeness (QED) is 0.615. The highest BCUT2D eigenvalue weighted by atomic mass is 127. The smallest absolute Gasteiger partial charge is 0.137 e. The Kier molecular flexibility index (Phi) is 4.01. The first-order valence-electron chi connectivity index (χ1n) is 4.38. The Bertz CT molecular complexity index is 508. The molecule has 0 radical (unpaired) electrons. The zero-order chi connectivity index (χ0) is 11.7. The van der Waals surface area contributed by atoms with Crippen molar-refractivity contribution in [1.82, 2.24) is 9.78 Å². The minimum atomic E-state index is -0.226. The van der Waals surface area contributed by atoms with Gasteiger partial charge in [0.15, 0.2) is 0 Å². The number of hydrogen-bond donors (Lipinski definition) is 0. The molecule has 0 aliphatic carbocycles. The minimum absolute atomic E-state index is 0.226. The molecule has 1 aromatic carbocycles. The maximum atomic E-state index is 13.6. The molecule has 0 saturated carbocycles. The van der Waals surface area contributed by atoms with Crippen molar-refractivity contribution in [3.05, 3.63) is 48.4 Å². The van der Waals surface area contributed by atoms with Crippen molar-refractivity contribution in [2.24, 2.45) is 0 Å². The average Bonchev–Trinajstić information content (AvgIpc) is 2.51. The summed E-state index contributed by atoms with van der Waals surface area (Å²) in [5, 5.41) is 4.25. The van der Waals surface area contributed by atoms with Crippen LogP contribution in [0, 0.1) is 9.52 Å². The third-order valence-corrected chi connectivity index (χ3v) is 4.63. The van der Waals surface area contributed by atoms with Crippen LogP contribution in [0.25, 0.3) is 0 Å². The lowest BCUT2D eigenvalue weighted by molar-refractivity contribution is 0.583. The number of nitrogens with zero attached hydrogens (tertiary/aromatic N) is 2. The summed E-state index contributed by atoms with van der Waals surface area (Å²) in [4.78, 5) is 0. The van der Waals surface area contributed by atoms with Crippen molar-refractivity contribution >= 4 is 54.5 Å². The van der Waals surface area contributed by atoms with Gasteiger partial charge in [-0.1, -0.05) is 22.0 Å². The Morgan fingerprint density at radius 1 is 1.38 bits per heavy atom. The first kappa shape index (κ1) is 12.5. The average molecular weight is 460 g/mol. The normalized spacial score (nSPS) is 10.8. The van der Waals surface area contributed by atoms with Crippen molar-refractivity contribution in [3.8, 4) is 0 Å². The second-order valence-corrected chi connectivity index (χ2v) is 5.99. The standard InChI is InChI=1S/C10H6Br2FIN2/c11-7-2-1-6(9(13)3-7)4-16-5-8(12)10(14)15-16/h1-3,5H,4H2. The van der Waals surface area contributed by atoms with Gasteiger partial charge in [0.05, 0.1) is 11.0 Å². The molecule has 0 bridgehead atoms. The van der Waals surface area contributed by atoms with E-state index in [1.165, 1.54) is 6.07 Å². The van der Waals surface area contributed by atoms with Gasteiger partial charge in [-0.3, -0.25) is 4.68 Å². The molecule has 0 spiro atoms. The van der Waals surface area contributed by atoms with E-state index in [1.807, 2.05) is 12.3 Å². The fourth-order valence-corrected chi connectivity index (χ4v) is 2.34. The molecule has 84 valence electrons. The van der Waals surface area contributed by atoms with E-state index in [2.05, 4.69) is 59.5 Å². The Hall–Kier alpha value is 0.0500. The molecule has 0 saturated heterocycles. The van der Waals surface area contributed by atoms with E-state index in [0.29, 0.717) is 12.1 Å². The second kappa shape index (κ2) is 5.14. The lowest BCUT2D eigenvalue weighted by Gasteiger charge is -2.03. The van der Waals surface area contributed by atoms with Gasteiger partial charge in [-0.25, -0.2) is 4.39 Å². The van der Waals surface area contributed by atoms with Gasteiger partial charge in [0.2, 0.25) is 0 Å². The van der Waals surface area contributed by atoms with Gasteiger partial charge in [0.1, 0.15) is 9.52 Å². The molecule has 0 amide bonds. The molecule has 2 rings (SSSR count). The highest BCUT2D eigenvalue weighted by Gasteiger charge is 2.07. The first-order chi connectivity index (χ1) is 7.56. The third-order valence-electron chi connectivity index (χ3n) is 2.02. The number of rotatable bonds is 2. The van der Waals surface area contributed by atoms with E-state index < -0.39 is 0 Å². The summed E-state index contributed by atoms with van der Waals surface area (Å²) in [5.74, 6) is -0.226. The highest BCUT2D eigenvalue weighted by molar-refractivity contribution is 14.1. The van der Waals surface area contributed by atoms with Crippen molar-refractivity contribution in [2.75, 3.05) is 0 Å². The van der Waals surface area contributed by atoms with Crippen LogP contribution in [-0.4, -0.2) is 9.78 Å². The molecule has 1 aromatic heterocycles. The largest absolute Gasteiger partial charge is 0.266 e. The number of hydrogen-bond acceptors (Lipinski definition) is 1. The zero-order valence-corrected chi connectivity index (χ0v) is 13.3. The van der Waals surface area contributed by atoms with Gasteiger partial charge < -0.3 is 0 Å². The van der Waals surface area contributed by atoms with Gasteiger partial charge in [0.25, 0.3) is 0 Å². The summed E-state index contributed by atoms with van der Waals surface area (Å²) >= 11 is 8.72. The fraction of sp³-hybridized carbons (Fsp3) is 0.100. The van der Waals surface area contributed by atoms with Crippen molar-refractivity contribution in [2.45, 2.75) is 6.54 Å². The fourth-order valence-electron chi connectivity index (χ4n) is 1.28. The Morgan fingerprint density at radius 3 is 2.69 bits per heavy atom. The molecular formula is C10H6Br2FIN2. The van der Waals surface area contributed by atoms with Crippen LogP contribution in [0.3, 0.4) is 0 Å². The lowest BCUT2D eigenvalue weighted by Crippen LogP contribution is -2.02. The molecular weight excluding hydrogens is 454 g/mol. The number of benzene rings is 1. The van der Waals surface area contributed by atoms with Crippen LogP contribution in [0.2, 0.25) is 0 Å². The molecule has 2 aromatic rings. The van der Waals surface area contributed by atoms with E-state index in [4.69, 9.17) is 0 Å². The third kappa shape index (κ3) is 2.84. The predicted molar refractivity (Wildman–Crippen MR) is 75.8 cm³/mol. The summed E-state index contributed by atoms with van der Waals surface area (Å²) in [7, 11) is 0. The maximum Gasteiger partial charge on any atom is 0.137 e. The molecule has 2 nitrogen and oxygen atoms in total. The molecule has 6 heteroatoms. The number of halogens is 4. The Balaban J connectivity index is 2.27. The lowest BCUT2D eigenvalue weighted by atomic mass is 10.2. The summed E-state index contributed by atoms with van der Waals surface area (Å²) in [6.45, 7) is 0.431. The molecule has 1 heterocycles.